The number of thiazole rings is 1. The third-order valence-electron chi connectivity index (χ3n) is 4.12. The van der Waals surface area contributed by atoms with E-state index < -0.39 is 0 Å². The number of carbonyl (C=O) groups is 1. The van der Waals surface area contributed by atoms with Gasteiger partial charge >= 0.3 is 0 Å². The number of nitrogens with zero attached hydrogens (tertiary/aromatic N) is 4. The first-order valence-electron chi connectivity index (χ1n) is 9.05. The Morgan fingerprint density at radius 1 is 1.14 bits per heavy atom. The maximum absolute atomic E-state index is 12.8. The molecule has 0 atom stereocenters. The standard InChI is InChI=1S/C21H19N5OS2/c1-15-23-17(12-28-15)13-29-19-10-6-5-9-18(19)20(27)24-21-22-14-26(25-21)11-16-7-3-2-4-8-16/h2-10,12,14H,11,13H2,1H3,(H,24,25,27). The maximum atomic E-state index is 12.8. The Morgan fingerprint density at radius 3 is 2.72 bits per heavy atom. The van der Waals surface area contributed by atoms with E-state index in [-0.39, 0.29) is 5.91 Å². The number of aromatic nitrogens is 4. The third kappa shape index (κ3) is 5.10. The zero-order valence-corrected chi connectivity index (χ0v) is 17.4. The number of nitrogens with one attached hydrogen (secondary N) is 1. The van der Waals surface area contributed by atoms with Crippen molar-refractivity contribution in [1.82, 2.24) is 19.7 Å². The molecule has 6 nitrogen and oxygen atoms in total. The van der Waals surface area contributed by atoms with Crippen molar-refractivity contribution >= 4 is 35.0 Å². The fourth-order valence-electron chi connectivity index (χ4n) is 2.77. The summed E-state index contributed by atoms with van der Waals surface area (Å²) in [5.41, 5.74) is 2.74. The summed E-state index contributed by atoms with van der Waals surface area (Å²) in [5.74, 6) is 0.791. The minimum Gasteiger partial charge on any atom is -0.289 e. The van der Waals surface area contributed by atoms with E-state index in [4.69, 9.17) is 0 Å². The average molecular weight is 422 g/mol. The van der Waals surface area contributed by atoms with Gasteiger partial charge in [-0.1, -0.05) is 42.5 Å². The highest BCUT2D eigenvalue weighted by atomic mass is 32.2. The molecule has 0 aliphatic heterocycles. The zero-order valence-electron chi connectivity index (χ0n) is 15.8. The minimum absolute atomic E-state index is 0.222. The fourth-order valence-corrected chi connectivity index (χ4v) is 4.43. The van der Waals surface area contributed by atoms with Gasteiger partial charge in [0.25, 0.3) is 5.91 Å². The van der Waals surface area contributed by atoms with Crippen molar-refractivity contribution in [3.8, 4) is 0 Å². The number of amides is 1. The average Bonchev–Trinajstić information content (AvgIpc) is 3.36. The summed E-state index contributed by atoms with van der Waals surface area (Å²) >= 11 is 3.23. The van der Waals surface area contributed by atoms with Gasteiger partial charge in [0.05, 0.1) is 22.8 Å². The number of hydrogen-bond donors (Lipinski definition) is 1. The molecule has 1 N–H and O–H groups in total. The van der Waals surface area contributed by atoms with E-state index in [9.17, 15) is 4.79 Å². The summed E-state index contributed by atoms with van der Waals surface area (Å²) < 4.78 is 1.70. The van der Waals surface area contributed by atoms with Gasteiger partial charge in [-0.25, -0.2) is 14.6 Å². The molecule has 0 spiro atoms. The van der Waals surface area contributed by atoms with E-state index in [2.05, 4.69) is 20.4 Å². The molecule has 8 heteroatoms. The first-order valence-corrected chi connectivity index (χ1v) is 10.9. The molecule has 0 aliphatic carbocycles. The molecule has 4 rings (SSSR count). The predicted molar refractivity (Wildman–Crippen MR) is 116 cm³/mol. The van der Waals surface area contributed by atoms with Gasteiger partial charge < -0.3 is 0 Å². The molecule has 0 saturated carbocycles. The molecule has 0 radical (unpaired) electrons. The lowest BCUT2D eigenvalue weighted by molar-refractivity contribution is 0.102. The predicted octanol–water partition coefficient (Wildman–Crippen LogP) is 4.64. The van der Waals surface area contributed by atoms with Gasteiger partial charge in [0.1, 0.15) is 6.33 Å². The quantitative estimate of drug-likeness (QED) is 0.440. The minimum atomic E-state index is -0.222. The van der Waals surface area contributed by atoms with Gasteiger partial charge in [-0.15, -0.1) is 28.2 Å². The summed E-state index contributed by atoms with van der Waals surface area (Å²) in [6.07, 6.45) is 1.62. The van der Waals surface area contributed by atoms with Crippen LogP contribution in [0.4, 0.5) is 5.95 Å². The van der Waals surface area contributed by atoms with Crippen LogP contribution in [0.3, 0.4) is 0 Å². The fraction of sp³-hybridized carbons (Fsp3) is 0.143. The number of hydrogen-bond acceptors (Lipinski definition) is 6. The van der Waals surface area contributed by atoms with Crippen LogP contribution in [0.5, 0.6) is 0 Å². The van der Waals surface area contributed by atoms with Crippen molar-refractivity contribution in [1.29, 1.82) is 0 Å². The Morgan fingerprint density at radius 2 is 1.93 bits per heavy atom. The van der Waals surface area contributed by atoms with Crippen molar-refractivity contribution in [2.45, 2.75) is 24.1 Å². The number of benzene rings is 2. The van der Waals surface area contributed by atoms with Crippen LogP contribution >= 0.6 is 23.1 Å². The van der Waals surface area contributed by atoms with Crippen molar-refractivity contribution in [2.24, 2.45) is 0 Å². The van der Waals surface area contributed by atoms with Crippen LogP contribution in [0.1, 0.15) is 26.6 Å². The Kier molecular flexibility index (Phi) is 6.02. The highest BCUT2D eigenvalue weighted by molar-refractivity contribution is 7.98. The molecule has 0 bridgehead atoms. The molecule has 4 aromatic rings. The molecular weight excluding hydrogens is 402 g/mol. The second kappa shape index (κ2) is 9.02. The highest BCUT2D eigenvalue weighted by Crippen LogP contribution is 2.27. The van der Waals surface area contributed by atoms with E-state index in [1.54, 1.807) is 34.1 Å². The molecule has 1 amide bonds. The van der Waals surface area contributed by atoms with Crippen molar-refractivity contribution < 1.29 is 4.79 Å². The van der Waals surface area contributed by atoms with E-state index in [0.717, 1.165) is 26.9 Å². The molecular formula is C21H19N5OS2. The van der Waals surface area contributed by atoms with Crippen LogP contribution in [0.25, 0.3) is 0 Å². The molecule has 0 unspecified atom stereocenters. The molecule has 2 aromatic carbocycles. The van der Waals surface area contributed by atoms with E-state index in [0.29, 0.717) is 18.1 Å². The zero-order chi connectivity index (χ0) is 20.1. The Labute approximate surface area is 177 Å². The van der Waals surface area contributed by atoms with Crippen molar-refractivity contribution in [2.75, 3.05) is 5.32 Å². The third-order valence-corrected chi connectivity index (χ3v) is 6.05. The summed E-state index contributed by atoms with van der Waals surface area (Å²) in [7, 11) is 0. The second-order valence-electron chi connectivity index (χ2n) is 6.35. The maximum Gasteiger partial charge on any atom is 0.259 e. The summed E-state index contributed by atoms with van der Waals surface area (Å²) in [5, 5.41) is 10.2. The largest absolute Gasteiger partial charge is 0.289 e. The van der Waals surface area contributed by atoms with Crippen molar-refractivity contribution in [3.63, 3.8) is 0 Å². The number of rotatable bonds is 7. The van der Waals surface area contributed by atoms with Crippen LogP contribution in [-0.4, -0.2) is 25.7 Å². The second-order valence-corrected chi connectivity index (χ2v) is 8.43. The summed E-state index contributed by atoms with van der Waals surface area (Å²) in [4.78, 5) is 22.4. The van der Waals surface area contributed by atoms with Crippen LogP contribution in [0.2, 0.25) is 0 Å². The lowest BCUT2D eigenvalue weighted by Gasteiger charge is -2.07. The van der Waals surface area contributed by atoms with Gasteiger partial charge in [0, 0.05) is 16.0 Å². The monoisotopic (exact) mass is 421 g/mol. The Balaban J connectivity index is 1.42. The molecule has 146 valence electrons. The Hall–Kier alpha value is -2.97. The first kappa shape index (κ1) is 19.4. The van der Waals surface area contributed by atoms with Crippen molar-refractivity contribution in [3.05, 3.63) is 88.1 Å². The van der Waals surface area contributed by atoms with Crippen LogP contribution in [0.15, 0.2) is 71.2 Å². The first-order chi connectivity index (χ1) is 14.2. The van der Waals surface area contributed by atoms with Crippen LogP contribution < -0.4 is 5.32 Å². The van der Waals surface area contributed by atoms with Gasteiger partial charge in [0.2, 0.25) is 5.95 Å². The highest BCUT2D eigenvalue weighted by Gasteiger charge is 2.14. The normalized spacial score (nSPS) is 10.8. The summed E-state index contributed by atoms with van der Waals surface area (Å²) in [6, 6.07) is 17.5. The van der Waals surface area contributed by atoms with E-state index in [1.807, 2.05) is 66.9 Å². The molecule has 0 aliphatic rings. The molecule has 2 heterocycles. The Bertz CT molecular complexity index is 1110. The number of thioether (sulfide) groups is 1. The van der Waals surface area contributed by atoms with Crippen LogP contribution in [0, 0.1) is 6.92 Å². The number of anilines is 1. The summed E-state index contributed by atoms with van der Waals surface area (Å²) in [6.45, 7) is 2.59. The van der Waals surface area contributed by atoms with Gasteiger partial charge in [-0.05, 0) is 24.6 Å². The number of carbonyl (C=O) groups excluding carboxylic acids is 1. The molecule has 2 aromatic heterocycles. The van der Waals surface area contributed by atoms with E-state index in [1.165, 1.54) is 0 Å². The van der Waals surface area contributed by atoms with Gasteiger partial charge in [-0.2, -0.15) is 0 Å². The smallest absolute Gasteiger partial charge is 0.259 e. The van der Waals surface area contributed by atoms with Gasteiger partial charge in [0.15, 0.2) is 0 Å². The molecule has 0 fully saturated rings. The lowest BCUT2D eigenvalue weighted by Crippen LogP contribution is -2.14. The molecule has 29 heavy (non-hydrogen) atoms. The van der Waals surface area contributed by atoms with Gasteiger partial charge in [-0.3, -0.25) is 10.1 Å². The number of aryl methyl sites for hydroxylation is 1. The van der Waals surface area contributed by atoms with Crippen LogP contribution in [-0.2, 0) is 12.3 Å². The topological polar surface area (TPSA) is 72.7 Å². The van der Waals surface area contributed by atoms with E-state index >= 15 is 0 Å². The SMILES string of the molecule is Cc1nc(CSc2ccccc2C(=O)Nc2ncn(Cc3ccccc3)n2)cs1. The lowest BCUT2D eigenvalue weighted by atomic mass is 10.2. The molecule has 0 saturated heterocycles.